The molecular weight excluding hydrogens is 552 g/mol. The van der Waals surface area contributed by atoms with E-state index >= 15 is 0 Å². The van der Waals surface area contributed by atoms with Crippen LogP contribution in [0, 0.1) is 6.92 Å². The molecule has 0 fully saturated rings. The van der Waals surface area contributed by atoms with Gasteiger partial charge in [0.15, 0.2) is 29.0 Å². The number of hydrogen-bond acceptors (Lipinski definition) is 8. The van der Waals surface area contributed by atoms with Crippen LogP contribution in [0.15, 0.2) is 107 Å². The van der Waals surface area contributed by atoms with Gasteiger partial charge < -0.3 is 24.4 Å². The average molecular weight is 585 g/mol. The van der Waals surface area contributed by atoms with Gasteiger partial charge in [0, 0.05) is 17.3 Å². The number of fused-ring (bicyclic) bond motifs is 4. The lowest BCUT2D eigenvalue weighted by atomic mass is 9.93. The SMILES string of the molecule is CCOc1ccc([C@H]2c3c(C)nn(-c4ccccc4)c3N=C3C(Nc4ccc(OC)c(OC)c4)=Nc4ccccc4N32)cc1. The fourth-order valence-electron chi connectivity index (χ4n) is 5.83. The molecule has 0 radical (unpaired) electrons. The fourth-order valence-corrected chi connectivity index (χ4v) is 5.83. The number of hydrogen-bond donors (Lipinski definition) is 1. The molecule has 1 atom stereocenters. The normalized spacial score (nSPS) is 14.9. The minimum absolute atomic E-state index is 0.232. The van der Waals surface area contributed by atoms with Crippen molar-refractivity contribution in [1.29, 1.82) is 0 Å². The van der Waals surface area contributed by atoms with E-state index < -0.39 is 0 Å². The number of anilines is 2. The summed E-state index contributed by atoms with van der Waals surface area (Å²) in [5.41, 5.74) is 6.54. The van der Waals surface area contributed by atoms with Crippen LogP contribution in [0.4, 0.5) is 22.9 Å². The summed E-state index contributed by atoms with van der Waals surface area (Å²) >= 11 is 0. The van der Waals surface area contributed by atoms with Gasteiger partial charge in [0.25, 0.3) is 0 Å². The predicted octanol–water partition coefficient (Wildman–Crippen LogP) is 7.39. The second-order valence-corrected chi connectivity index (χ2v) is 10.4. The molecular formula is C35H32N6O3. The maximum absolute atomic E-state index is 5.78. The topological polar surface area (TPSA) is 85.5 Å². The van der Waals surface area contributed by atoms with Crippen LogP contribution in [0.25, 0.3) is 5.69 Å². The van der Waals surface area contributed by atoms with Crippen LogP contribution in [-0.2, 0) is 0 Å². The third-order valence-corrected chi connectivity index (χ3v) is 7.79. The van der Waals surface area contributed by atoms with Gasteiger partial charge in [0.2, 0.25) is 0 Å². The summed E-state index contributed by atoms with van der Waals surface area (Å²) < 4.78 is 18.7. The first-order valence-corrected chi connectivity index (χ1v) is 14.5. The molecule has 2 aliphatic heterocycles. The highest BCUT2D eigenvalue weighted by molar-refractivity contribution is 6.51. The van der Waals surface area contributed by atoms with Crippen LogP contribution in [0.2, 0.25) is 0 Å². The smallest absolute Gasteiger partial charge is 0.179 e. The lowest BCUT2D eigenvalue weighted by molar-refractivity contribution is 0.340. The lowest BCUT2D eigenvalue weighted by Crippen LogP contribution is -2.46. The highest BCUT2D eigenvalue weighted by atomic mass is 16.5. The molecule has 7 rings (SSSR count). The van der Waals surface area contributed by atoms with E-state index in [9.17, 15) is 0 Å². The van der Waals surface area contributed by atoms with Crippen molar-refractivity contribution in [3.05, 3.63) is 114 Å². The molecule has 0 spiro atoms. The molecule has 0 unspecified atom stereocenters. The Balaban J connectivity index is 1.44. The van der Waals surface area contributed by atoms with Gasteiger partial charge in [-0.3, -0.25) is 0 Å². The van der Waals surface area contributed by atoms with Gasteiger partial charge in [-0.1, -0.05) is 42.5 Å². The molecule has 2 aliphatic rings. The van der Waals surface area contributed by atoms with E-state index in [-0.39, 0.29) is 6.04 Å². The van der Waals surface area contributed by atoms with Crippen LogP contribution in [-0.4, -0.2) is 42.3 Å². The van der Waals surface area contributed by atoms with Gasteiger partial charge in [-0.2, -0.15) is 5.10 Å². The fraction of sp³-hybridized carbons (Fsp3) is 0.171. The number of aryl methyl sites for hydroxylation is 1. The van der Waals surface area contributed by atoms with Gasteiger partial charge >= 0.3 is 0 Å². The molecule has 5 aromatic rings. The molecule has 0 amide bonds. The molecule has 0 aliphatic carbocycles. The van der Waals surface area contributed by atoms with Gasteiger partial charge in [0.05, 0.1) is 49.6 Å². The largest absolute Gasteiger partial charge is 0.494 e. The van der Waals surface area contributed by atoms with E-state index in [1.165, 1.54) is 0 Å². The Hall–Kier alpha value is -5.57. The molecule has 0 bridgehead atoms. The Bertz CT molecular complexity index is 1900. The van der Waals surface area contributed by atoms with Crippen molar-refractivity contribution >= 4 is 34.6 Å². The van der Waals surface area contributed by atoms with E-state index in [0.717, 1.165) is 51.1 Å². The molecule has 1 aromatic heterocycles. The molecule has 0 saturated heterocycles. The summed E-state index contributed by atoms with van der Waals surface area (Å²) in [6, 6.07) is 32.0. The molecule has 9 nitrogen and oxygen atoms in total. The highest BCUT2D eigenvalue weighted by Gasteiger charge is 2.41. The highest BCUT2D eigenvalue weighted by Crippen LogP contribution is 2.48. The number of methoxy groups -OCH3 is 2. The number of nitrogens with zero attached hydrogens (tertiary/aromatic N) is 5. The first-order chi connectivity index (χ1) is 21.6. The monoisotopic (exact) mass is 584 g/mol. The summed E-state index contributed by atoms with van der Waals surface area (Å²) in [4.78, 5) is 12.6. The summed E-state index contributed by atoms with van der Waals surface area (Å²) in [7, 11) is 3.25. The van der Waals surface area contributed by atoms with E-state index in [0.29, 0.717) is 29.8 Å². The minimum Gasteiger partial charge on any atom is -0.494 e. The Morgan fingerprint density at radius 1 is 0.818 bits per heavy atom. The Labute approximate surface area is 256 Å². The molecule has 0 saturated carbocycles. The zero-order chi connectivity index (χ0) is 30.2. The van der Waals surface area contributed by atoms with E-state index in [1.54, 1.807) is 14.2 Å². The first kappa shape index (κ1) is 27.3. The number of ether oxygens (including phenoxy) is 3. The number of benzene rings is 4. The van der Waals surface area contributed by atoms with Crippen LogP contribution >= 0.6 is 0 Å². The molecule has 4 aromatic carbocycles. The molecule has 44 heavy (non-hydrogen) atoms. The molecule has 9 heteroatoms. The van der Waals surface area contributed by atoms with Crippen LogP contribution < -0.4 is 24.4 Å². The number of rotatable bonds is 7. The van der Waals surface area contributed by atoms with Crippen LogP contribution in [0.5, 0.6) is 17.2 Å². The Morgan fingerprint density at radius 3 is 2.32 bits per heavy atom. The number of para-hydroxylation sites is 3. The summed E-state index contributed by atoms with van der Waals surface area (Å²) in [5.74, 6) is 4.14. The summed E-state index contributed by atoms with van der Waals surface area (Å²) in [6.45, 7) is 4.64. The van der Waals surface area contributed by atoms with Crippen molar-refractivity contribution in [1.82, 2.24) is 9.78 Å². The summed E-state index contributed by atoms with van der Waals surface area (Å²) in [5, 5.41) is 8.55. The van der Waals surface area contributed by atoms with E-state index in [2.05, 4.69) is 28.4 Å². The molecule has 3 heterocycles. The average Bonchev–Trinajstić information content (AvgIpc) is 3.40. The van der Waals surface area contributed by atoms with Gasteiger partial charge in [0.1, 0.15) is 5.75 Å². The van der Waals surface area contributed by atoms with Crippen molar-refractivity contribution in [2.75, 3.05) is 31.0 Å². The van der Waals surface area contributed by atoms with Crippen molar-refractivity contribution < 1.29 is 14.2 Å². The third-order valence-electron chi connectivity index (χ3n) is 7.79. The second kappa shape index (κ2) is 11.3. The van der Waals surface area contributed by atoms with Crippen molar-refractivity contribution in [3.8, 4) is 22.9 Å². The maximum Gasteiger partial charge on any atom is 0.179 e. The zero-order valence-electron chi connectivity index (χ0n) is 25.0. The second-order valence-electron chi connectivity index (χ2n) is 10.4. The lowest BCUT2D eigenvalue weighted by Gasteiger charge is -2.40. The Morgan fingerprint density at radius 2 is 1.57 bits per heavy atom. The van der Waals surface area contributed by atoms with Crippen molar-refractivity contribution in [3.63, 3.8) is 0 Å². The zero-order valence-corrected chi connectivity index (χ0v) is 25.0. The third kappa shape index (κ3) is 4.63. The standard InChI is InChI=1S/C35H32N6O3/c1-5-44-26-18-15-23(16-19-26)32-31-22(2)39-41(25-11-7-6-8-12-25)34(31)38-35-33(37-27-13-9-10-14-28(27)40(32)35)36-24-17-20-29(42-3)30(21-24)43-4/h6-21,32H,5H2,1-4H3,(H,36,37)/t32-/m0/s1. The number of nitrogens with one attached hydrogen (secondary N) is 1. The predicted molar refractivity (Wildman–Crippen MR) is 174 cm³/mol. The van der Waals surface area contributed by atoms with E-state index in [1.807, 2.05) is 97.4 Å². The first-order valence-electron chi connectivity index (χ1n) is 14.5. The minimum atomic E-state index is -0.232. The molecule has 220 valence electrons. The van der Waals surface area contributed by atoms with Gasteiger partial charge in [-0.15, -0.1) is 0 Å². The van der Waals surface area contributed by atoms with Crippen LogP contribution in [0.3, 0.4) is 0 Å². The molecule has 1 N–H and O–H groups in total. The Kier molecular flexibility index (Phi) is 6.98. The van der Waals surface area contributed by atoms with Crippen molar-refractivity contribution in [2.24, 2.45) is 9.98 Å². The number of aliphatic imine (C=N–C) groups is 2. The number of amidine groups is 2. The number of aromatic nitrogens is 2. The summed E-state index contributed by atoms with van der Waals surface area (Å²) in [6.07, 6.45) is 0. The quantitative estimate of drug-likeness (QED) is 0.215. The van der Waals surface area contributed by atoms with Crippen molar-refractivity contribution in [2.45, 2.75) is 19.9 Å². The van der Waals surface area contributed by atoms with Gasteiger partial charge in [-0.05, 0) is 67.9 Å². The van der Waals surface area contributed by atoms with Crippen LogP contribution in [0.1, 0.15) is 29.8 Å². The van der Waals surface area contributed by atoms with E-state index in [4.69, 9.17) is 29.3 Å². The van der Waals surface area contributed by atoms with Gasteiger partial charge in [-0.25, -0.2) is 14.7 Å². The maximum atomic E-state index is 5.78.